The van der Waals surface area contributed by atoms with Gasteiger partial charge in [-0.15, -0.1) is 13.2 Å². The van der Waals surface area contributed by atoms with Crippen molar-refractivity contribution in [3.05, 3.63) is 55.1 Å². The average molecular weight is 359 g/mol. The van der Waals surface area contributed by atoms with E-state index in [9.17, 15) is 0 Å². The number of hydrogen-bond donors (Lipinski definition) is 0. The fraction of sp³-hybridized carbons (Fsp3) is 0.565. The summed E-state index contributed by atoms with van der Waals surface area (Å²) in [5.74, 6) is 2.28. The molecule has 0 unspecified atom stereocenters. The smallest absolute Gasteiger partial charge is 0.184 e. The van der Waals surface area contributed by atoms with Gasteiger partial charge in [0.05, 0.1) is 19.3 Å². The molecule has 1 fully saturated rings. The number of ether oxygens (including phenoxy) is 3. The maximum absolute atomic E-state index is 6.46. The zero-order chi connectivity index (χ0) is 19.3. The summed E-state index contributed by atoms with van der Waals surface area (Å²) in [5.41, 5.74) is 1.02. The first kappa shape index (κ1) is 20.7. The number of rotatable bonds is 8. The second-order valence-corrected chi connectivity index (χ2v) is 7.69. The van der Waals surface area contributed by atoms with E-state index in [0.717, 1.165) is 17.7 Å². The summed E-state index contributed by atoms with van der Waals surface area (Å²) in [7, 11) is 1.67. The van der Waals surface area contributed by atoms with Gasteiger partial charge in [-0.3, -0.25) is 0 Å². The molecule has 1 aromatic rings. The van der Waals surface area contributed by atoms with E-state index in [4.69, 9.17) is 14.2 Å². The van der Waals surface area contributed by atoms with E-state index < -0.39 is 0 Å². The normalized spacial score (nSPS) is 29.4. The van der Waals surface area contributed by atoms with Crippen molar-refractivity contribution < 1.29 is 14.2 Å². The van der Waals surface area contributed by atoms with Gasteiger partial charge in [-0.25, -0.2) is 0 Å². The number of hydrogen-bond acceptors (Lipinski definition) is 3. The molecular weight excluding hydrogens is 324 g/mol. The van der Waals surface area contributed by atoms with Crippen molar-refractivity contribution in [1.29, 1.82) is 0 Å². The van der Waals surface area contributed by atoms with E-state index in [-0.39, 0.29) is 24.4 Å². The average Bonchev–Trinajstić information content (AvgIpc) is 2.67. The van der Waals surface area contributed by atoms with E-state index in [2.05, 4.69) is 40.9 Å². The van der Waals surface area contributed by atoms with Crippen LogP contribution in [-0.2, 0) is 9.47 Å². The second kappa shape index (κ2) is 9.38. The molecule has 1 heterocycles. The van der Waals surface area contributed by atoms with Gasteiger partial charge in [-0.2, -0.15) is 0 Å². The lowest BCUT2D eigenvalue weighted by atomic mass is 9.80. The van der Waals surface area contributed by atoms with Gasteiger partial charge in [0.25, 0.3) is 0 Å². The quantitative estimate of drug-likeness (QED) is 0.551. The highest BCUT2D eigenvalue weighted by Crippen LogP contribution is 2.40. The van der Waals surface area contributed by atoms with Gasteiger partial charge in [-0.05, 0) is 30.4 Å². The lowest BCUT2D eigenvalue weighted by Crippen LogP contribution is -2.47. The van der Waals surface area contributed by atoms with E-state index in [0.29, 0.717) is 17.8 Å². The Kier molecular flexibility index (Phi) is 7.48. The Labute approximate surface area is 159 Å². The maximum Gasteiger partial charge on any atom is 0.184 e. The minimum absolute atomic E-state index is 0.0832. The molecule has 144 valence electrons. The molecule has 0 saturated carbocycles. The fourth-order valence-electron chi connectivity index (χ4n) is 3.88. The number of methoxy groups -OCH3 is 1. The molecule has 0 amide bonds. The number of benzene rings is 1. The lowest BCUT2D eigenvalue weighted by molar-refractivity contribution is -0.287. The van der Waals surface area contributed by atoms with Crippen LogP contribution in [0.5, 0.6) is 5.75 Å². The molecule has 7 atom stereocenters. The van der Waals surface area contributed by atoms with E-state index in [1.54, 1.807) is 7.11 Å². The predicted octanol–water partition coefficient (Wildman–Crippen LogP) is 5.78. The minimum Gasteiger partial charge on any atom is -0.497 e. The molecule has 0 spiro atoms. The molecular formula is C23H34O3. The Bertz CT molecular complexity index is 580. The van der Waals surface area contributed by atoms with E-state index in [1.807, 2.05) is 36.4 Å². The standard InChI is InChI=1S/C23H34O3/c1-8-15(3)14-17(5)22-18(6)21(16(4)9-2)25-23(26-22)19-10-12-20(24-7)13-11-19/h8-13,15-18,21-23H,1-2,14H2,3-7H3/t15-,16-,17+,18+,21-,22+,23-/m0/s1. The van der Waals surface area contributed by atoms with Gasteiger partial charge >= 0.3 is 0 Å². The third-order valence-corrected chi connectivity index (χ3v) is 5.58. The highest BCUT2D eigenvalue weighted by molar-refractivity contribution is 5.28. The molecule has 3 heteroatoms. The van der Waals surface area contributed by atoms with Crippen LogP contribution in [0.25, 0.3) is 0 Å². The summed E-state index contributed by atoms with van der Waals surface area (Å²) in [5, 5.41) is 0. The van der Waals surface area contributed by atoms with Crippen LogP contribution in [0.1, 0.15) is 46.0 Å². The lowest BCUT2D eigenvalue weighted by Gasteiger charge is -2.45. The van der Waals surface area contributed by atoms with E-state index in [1.165, 1.54) is 0 Å². The Morgan fingerprint density at radius 3 is 2.19 bits per heavy atom. The molecule has 0 radical (unpaired) electrons. The van der Waals surface area contributed by atoms with Crippen LogP contribution in [0.3, 0.4) is 0 Å². The van der Waals surface area contributed by atoms with Crippen LogP contribution in [0.2, 0.25) is 0 Å². The summed E-state index contributed by atoms with van der Waals surface area (Å²) in [6.45, 7) is 16.8. The topological polar surface area (TPSA) is 27.7 Å². The van der Waals surface area contributed by atoms with Crippen LogP contribution < -0.4 is 4.74 Å². The number of allylic oxidation sites excluding steroid dienone is 1. The molecule has 3 nitrogen and oxygen atoms in total. The zero-order valence-corrected chi connectivity index (χ0v) is 16.9. The molecule has 1 aliphatic heterocycles. The Morgan fingerprint density at radius 1 is 1.04 bits per heavy atom. The Morgan fingerprint density at radius 2 is 1.65 bits per heavy atom. The molecule has 0 bridgehead atoms. The third kappa shape index (κ3) is 4.77. The van der Waals surface area contributed by atoms with Crippen LogP contribution in [0.4, 0.5) is 0 Å². The van der Waals surface area contributed by atoms with Crippen molar-refractivity contribution >= 4 is 0 Å². The Balaban J connectivity index is 2.25. The monoisotopic (exact) mass is 358 g/mol. The van der Waals surface area contributed by atoms with Crippen molar-refractivity contribution in [3.8, 4) is 5.75 Å². The van der Waals surface area contributed by atoms with E-state index >= 15 is 0 Å². The van der Waals surface area contributed by atoms with Gasteiger partial charge in [0.1, 0.15) is 5.75 Å². The zero-order valence-electron chi connectivity index (χ0n) is 16.9. The summed E-state index contributed by atoms with van der Waals surface area (Å²) in [6, 6.07) is 7.93. The highest BCUT2D eigenvalue weighted by atomic mass is 16.7. The molecule has 0 aliphatic carbocycles. The molecule has 26 heavy (non-hydrogen) atoms. The molecule has 1 aromatic carbocycles. The second-order valence-electron chi connectivity index (χ2n) is 7.69. The van der Waals surface area contributed by atoms with Crippen molar-refractivity contribution in [1.82, 2.24) is 0 Å². The molecule has 0 aromatic heterocycles. The maximum atomic E-state index is 6.46. The SMILES string of the molecule is C=C[C@H](C)C[C@@H](C)[C@H]1O[C@@H](c2ccc(OC)cc2)O[C@@H]([C@@H](C)C=C)[C@H]1C. The summed E-state index contributed by atoms with van der Waals surface area (Å²) in [4.78, 5) is 0. The molecule has 0 N–H and O–H groups in total. The van der Waals surface area contributed by atoms with Gasteiger partial charge in [-0.1, -0.05) is 52.0 Å². The fourth-order valence-corrected chi connectivity index (χ4v) is 3.88. The first-order valence-electron chi connectivity index (χ1n) is 9.61. The third-order valence-electron chi connectivity index (χ3n) is 5.58. The van der Waals surface area contributed by atoms with Crippen molar-refractivity contribution in [2.45, 2.75) is 52.6 Å². The molecule has 1 aliphatic rings. The van der Waals surface area contributed by atoms with Gasteiger partial charge < -0.3 is 14.2 Å². The summed E-state index contributed by atoms with van der Waals surface area (Å²) < 4.78 is 18.1. The van der Waals surface area contributed by atoms with Crippen LogP contribution in [0, 0.1) is 23.7 Å². The predicted molar refractivity (Wildman–Crippen MR) is 107 cm³/mol. The van der Waals surface area contributed by atoms with Crippen LogP contribution >= 0.6 is 0 Å². The van der Waals surface area contributed by atoms with Gasteiger partial charge in [0, 0.05) is 17.4 Å². The largest absolute Gasteiger partial charge is 0.497 e. The Hall–Kier alpha value is -1.58. The first-order chi connectivity index (χ1) is 12.4. The molecule has 1 saturated heterocycles. The summed E-state index contributed by atoms with van der Waals surface area (Å²) >= 11 is 0. The first-order valence-corrected chi connectivity index (χ1v) is 9.61. The van der Waals surface area contributed by atoms with Crippen LogP contribution in [-0.4, -0.2) is 19.3 Å². The van der Waals surface area contributed by atoms with Crippen molar-refractivity contribution in [2.24, 2.45) is 23.7 Å². The highest BCUT2D eigenvalue weighted by Gasteiger charge is 2.41. The van der Waals surface area contributed by atoms with Crippen LogP contribution in [0.15, 0.2) is 49.6 Å². The summed E-state index contributed by atoms with van der Waals surface area (Å²) in [6.07, 6.45) is 4.90. The minimum atomic E-state index is -0.365. The van der Waals surface area contributed by atoms with Gasteiger partial charge in [0.15, 0.2) is 6.29 Å². The van der Waals surface area contributed by atoms with Crippen molar-refractivity contribution in [2.75, 3.05) is 7.11 Å². The molecule has 2 rings (SSSR count). The van der Waals surface area contributed by atoms with Crippen molar-refractivity contribution in [3.63, 3.8) is 0 Å². The van der Waals surface area contributed by atoms with Gasteiger partial charge in [0.2, 0.25) is 0 Å².